The van der Waals surface area contributed by atoms with Gasteiger partial charge in [0.15, 0.2) is 0 Å². The number of hydrazine groups is 1. The van der Waals surface area contributed by atoms with E-state index in [0.29, 0.717) is 25.8 Å². The lowest BCUT2D eigenvalue weighted by Crippen LogP contribution is -2.32. The highest BCUT2D eigenvalue weighted by molar-refractivity contribution is 6.01. The average Bonchev–Trinajstić information content (AvgIpc) is 2.77. The Balaban J connectivity index is 2.21. The van der Waals surface area contributed by atoms with Crippen molar-refractivity contribution in [3.8, 4) is 0 Å². The van der Waals surface area contributed by atoms with Crippen LogP contribution >= 0.6 is 0 Å². The van der Waals surface area contributed by atoms with E-state index in [-0.39, 0.29) is 42.8 Å². The van der Waals surface area contributed by atoms with Gasteiger partial charge in [-0.1, -0.05) is 6.42 Å². The monoisotopic (exact) mass is 316 g/mol. The number of unbranched alkanes of at least 4 members (excludes halogenated alkanes) is 2. The molecule has 22 heavy (non-hydrogen) atoms. The maximum atomic E-state index is 11.5. The molecule has 0 bridgehead atoms. The highest BCUT2D eigenvalue weighted by atomic mass is 16.7. The Kier molecular flexibility index (Phi) is 7.06. The van der Waals surface area contributed by atoms with Gasteiger partial charge < -0.3 is 15.2 Å². The summed E-state index contributed by atoms with van der Waals surface area (Å²) in [7, 11) is 1.50. The number of carbonyl (C=O) groups is 3. The lowest BCUT2D eigenvalue weighted by atomic mass is 10.2. The minimum Gasteiger partial charge on any atom is -0.569 e. The second-order valence-corrected chi connectivity index (χ2v) is 4.89. The Hall–Kier alpha value is -2.39. The first-order valence-corrected chi connectivity index (χ1v) is 6.98. The van der Waals surface area contributed by atoms with Crippen molar-refractivity contribution in [2.45, 2.75) is 38.5 Å². The van der Waals surface area contributed by atoms with Crippen LogP contribution in [0.3, 0.4) is 0 Å². The molecule has 1 aliphatic rings. The second-order valence-electron chi connectivity index (χ2n) is 4.89. The van der Waals surface area contributed by atoms with Crippen LogP contribution in [0, 0.1) is 5.21 Å². The van der Waals surface area contributed by atoms with Gasteiger partial charge in [-0.05, 0) is 12.8 Å². The van der Waals surface area contributed by atoms with Crippen molar-refractivity contribution in [1.29, 1.82) is 0 Å². The lowest BCUT2D eigenvalue weighted by Gasteiger charge is -2.14. The summed E-state index contributed by atoms with van der Waals surface area (Å²) in [6, 6.07) is 0. The molecule has 0 aromatic rings. The quantitative estimate of drug-likeness (QED) is 0.204. The normalized spacial score (nSPS) is 15.3. The van der Waals surface area contributed by atoms with Crippen molar-refractivity contribution in [3.05, 3.63) is 5.21 Å². The zero-order valence-corrected chi connectivity index (χ0v) is 12.4. The lowest BCUT2D eigenvalue weighted by molar-refractivity contribution is -0.705. The second kappa shape index (κ2) is 8.80. The Morgan fingerprint density at radius 2 is 2.00 bits per heavy atom. The van der Waals surface area contributed by atoms with E-state index in [2.05, 4.69) is 5.28 Å². The van der Waals surface area contributed by atoms with E-state index in [1.807, 2.05) is 0 Å². The third-order valence-corrected chi connectivity index (χ3v) is 3.13. The van der Waals surface area contributed by atoms with Crippen molar-refractivity contribution in [2.75, 3.05) is 20.3 Å². The summed E-state index contributed by atoms with van der Waals surface area (Å²) in [4.78, 5) is 38.7. The fourth-order valence-electron chi connectivity index (χ4n) is 1.84. The van der Waals surface area contributed by atoms with Crippen LogP contribution in [-0.2, 0) is 19.2 Å². The van der Waals surface area contributed by atoms with E-state index in [4.69, 9.17) is 9.94 Å². The molecule has 1 N–H and O–H groups in total. The Labute approximate surface area is 127 Å². The fraction of sp³-hybridized carbons (Fsp3) is 0.750. The number of carboxylic acid groups (broad SMARTS) is 1. The molecule has 1 fully saturated rings. The molecule has 0 spiro atoms. The van der Waals surface area contributed by atoms with Gasteiger partial charge in [0.1, 0.15) is 0 Å². The van der Waals surface area contributed by atoms with E-state index in [1.54, 1.807) is 0 Å². The molecule has 0 atom stereocenters. The van der Waals surface area contributed by atoms with E-state index < -0.39 is 5.97 Å². The minimum absolute atomic E-state index is 0.107. The van der Waals surface area contributed by atoms with Crippen LogP contribution < -0.4 is 0 Å². The van der Waals surface area contributed by atoms with Crippen LogP contribution in [0.4, 0.5) is 0 Å². The third kappa shape index (κ3) is 5.94. The van der Waals surface area contributed by atoms with Gasteiger partial charge in [-0.2, -0.15) is 0 Å². The summed E-state index contributed by atoms with van der Waals surface area (Å²) in [6.07, 6.45) is 2.29. The molecule has 10 heteroatoms. The van der Waals surface area contributed by atoms with Gasteiger partial charge in [-0.15, -0.1) is 5.01 Å². The standard InChI is InChI=1S/C12H20N4O6/c1-14(8-4-2-3-5-12(19)20)16(21)13-22-9-15-10(17)6-7-11(15)18/h2-9H2,1H3,(H,19,20)/b16-13-. The topological polar surface area (TPSA) is 126 Å². The molecule has 0 aromatic heterocycles. The Morgan fingerprint density at radius 1 is 1.36 bits per heavy atom. The number of hydrogen-bond acceptors (Lipinski definition) is 6. The van der Waals surface area contributed by atoms with Crippen LogP contribution in [0.25, 0.3) is 0 Å². The van der Waals surface area contributed by atoms with E-state index in [0.717, 1.165) is 4.90 Å². The highest BCUT2D eigenvalue weighted by Crippen LogP contribution is 2.11. The molecule has 1 aliphatic heterocycles. The van der Waals surface area contributed by atoms with Gasteiger partial charge in [-0.3, -0.25) is 14.4 Å². The summed E-state index contributed by atoms with van der Waals surface area (Å²) < 4.78 is 0. The number of amides is 2. The highest BCUT2D eigenvalue weighted by Gasteiger charge is 2.29. The van der Waals surface area contributed by atoms with Crippen LogP contribution in [0.5, 0.6) is 0 Å². The van der Waals surface area contributed by atoms with E-state index in [1.165, 1.54) is 12.1 Å². The predicted octanol–water partition coefficient (Wildman–Crippen LogP) is 0.479. The molecular formula is C12H20N4O6. The zero-order chi connectivity index (χ0) is 16.5. The molecule has 1 saturated heterocycles. The molecule has 2 amide bonds. The van der Waals surface area contributed by atoms with Crippen molar-refractivity contribution >= 4 is 17.8 Å². The van der Waals surface area contributed by atoms with Crippen molar-refractivity contribution < 1.29 is 29.3 Å². The summed E-state index contributed by atoms with van der Waals surface area (Å²) in [5, 5.41) is 24.5. The number of carboxylic acids is 1. The average molecular weight is 316 g/mol. The number of hydrogen-bond donors (Lipinski definition) is 1. The van der Waals surface area contributed by atoms with E-state index in [9.17, 15) is 19.6 Å². The molecule has 0 unspecified atom stereocenters. The van der Waals surface area contributed by atoms with Gasteiger partial charge in [0, 0.05) is 19.3 Å². The van der Waals surface area contributed by atoms with Gasteiger partial charge >= 0.3 is 5.97 Å². The SMILES string of the molecule is CN(CCCCCC(=O)O)/[N+]([O-])=N/OCN1C(=O)CCC1=O. The smallest absolute Gasteiger partial charge is 0.303 e. The van der Waals surface area contributed by atoms with E-state index >= 15 is 0 Å². The summed E-state index contributed by atoms with van der Waals surface area (Å²) in [6.45, 7) is 0.0143. The Bertz CT molecular complexity index is 437. The Morgan fingerprint density at radius 3 is 2.59 bits per heavy atom. The van der Waals surface area contributed by atoms with Crippen LogP contribution in [0.15, 0.2) is 5.28 Å². The maximum absolute atomic E-state index is 11.5. The number of carbonyl (C=O) groups excluding carboxylic acids is 2. The number of imide groups is 1. The van der Waals surface area contributed by atoms with Crippen LogP contribution in [0.2, 0.25) is 0 Å². The minimum atomic E-state index is -0.840. The van der Waals surface area contributed by atoms with Gasteiger partial charge in [0.2, 0.25) is 23.8 Å². The first-order chi connectivity index (χ1) is 10.4. The van der Waals surface area contributed by atoms with Gasteiger partial charge in [0.05, 0.1) is 18.6 Å². The van der Waals surface area contributed by atoms with Gasteiger partial charge in [-0.25, -0.2) is 4.90 Å². The molecular weight excluding hydrogens is 296 g/mol. The predicted molar refractivity (Wildman–Crippen MR) is 71.8 cm³/mol. The number of nitrogens with zero attached hydrogens (tertiary/aromatic N) is 4. The number of likely N-dealkylation sites (tertiary alicyclic amines) is 1. The number of rotatable bonds is 10. The van der Waals surface area contributed by atoms with Crippen molar-refractivity contribution in [1.82, 2.24) is 9.91 Å². The first-order valence-electron chi connectivity index (χ1n) is 6.98. The zero-order valence-electron chi connectivity index (χ0n) is 12.4. The molecule has 0 radical (unpaired) electrons. The molecule has 10 nitrogen and oxygen atoms in total. The molecule has 0 aromatic carbocycles. The molecule has 0 saturated carbocycles. The fourth-order valence-corrected chi connectivity index (χ4v) is 1.84. The first kappa shape index (κ1) is 17.7. The van der Waals surface area contributed by atoms with Gasteiger partial charge in [0.25, 0.3) is 0 Å². The largest absolute Gasteiger partial charge is 0.569 e. The third-order valence-electron chi connectivity index (χ3n) is 3.13. The van der Waals surface area contributed by atoms with Crippen LogP contribution in [-0.4, -0.2) is 58.1 Å². The van der Waals surface area contributed by atoms with Crippen molar-refractivity contribution in [3.63, 3.8) is 0 Å². The summed E-state index contributed by atoms with van der Waals surface area (Å²) in [5.74, 6) is -1.53. The molecule has 1 heterocycles. The van der Waals surface area contributed by atoms with Crippen molar-refractivity contribution in [2.24, 2.45) is 5.28 Å². The number of aliphatic carboxylic acids is 1. The molecule has 124 valence electrons. The van der Waals surface area contributed by atoms with Crippen LogP contribution in [0.1, 0.15) is 38.5 Å². The maximum Gasteiger partial charge on any atom is 0.303 e. The molecule has 0 aliphatic carbocycles. The summed E-state index contributed by atoms with van der Waals surface area (Å²) in [5.41, 5.74) is 0. The molecule has 1 rings (SSSR count). The summed E-state index contributed by atoms with van der Waals surface area (Å²) >= 11 is 0.